The molecule has 1 atom stereocenters. The molecule has 21 heavy (non-hydrogen) atoms. The van der Waals surface area contributed by atoms with Crippen LogP contribution in [0.5, 0.6) is 5.75 Å². The van der Waals surface area contributed by atoms with Crippen molar-refractivity contribution in [1.29, 1.82) is 0 Å². The molecule has 118 valence electrons. The summed E-state index contributed by atoms with van der Waals surface area (Å²) >= 11 is 3.40. The van der Waals surface area contributed by atoms with Gasteiger partial charge in [0.05, 0.1) is 0 Å². The van der Waals surface area contributed by atoms with E-state index in [2.05, 4.69) is 27.8 Å². The average molecular weight is 356 g/mol. The minimum Gasteiger partial charge on any atom is -0.491 e. The van der Waals surface area contributed by atoms with Gasteiger partial charge in [-0.1, -0.05) is 42.1 Å². The number of hydrogen-bond donors (Lipinski definition) is 1. The third kappa shape index (κ3) is 5.61. The molecule has 1 aromatic rings. The molecule has 1 aromatic carbocycles. The Hall–Kier alpha value is -0.580. The molecule has 2 rings (SSSR count). The first-order chi connectivity index (χ1) is 10.2. The minimum absolute atomic E-state index is 0.352. The van der Waals surface area contributed by atoms with Crippen molar-refractivity contribution in [2.75, 3.05) is 19.7 Å². The van der Waals surface area contributed by atoms with Gasteiger partial charge in [-0.2, -0.15) is 0 Å². The van der Waals surface area contributed by atoms with Gasteiger partial charge in [0.15, 0.2) is 0 Å². The third-order valence-corrected chi connectivity index (χ3v) is 4.73. The lowest BCUT2D eigenvalue weighted by atomic mass is 9.94. The molecule has 3 nitrogen and oxygen atoms in total. The van der Waals surface area contributed by atoms with Crippen molar-refractivity contribution in [2.45, 2.75) is 51.2 Å². The molecule has 4 heteroatoms. The fourth-order valence-electron chi connectivity index (χ4n) is 3.03. The number of rotatable bonds is 7. The highest BCUT2D eigenvalue weighted by Crippen LogP contribution is 2.22. The predicted molar refractivity (Wildman–Crippen MR) is 89.8 cm³/mol. The number of ether oxygens (including phenoxy) is 1. The van der Waals surface area contributed by atoms with E-state index < -0.39 is 6.10 Å². The van der Waals surface area contributed by atoms with E-state index in [-0.39, 0.29) is 0 Å². The van der Waals surface area contributed by atoms with Crippen LogP contribution < -0.4 is 4.74 Å². The van der Waals surface area contributed by atoms with E-state index in [9.17, 15) is 5.11 Å². The van der Waals surface area contributed by atoms with E-state index in [1.165, 1.54) is 32.1 Å². The van der Waals surface area contributed by atoms with E-state index in [0.717, 1.165) is 16.8 Å². The van der Waals surface area contributed by atoms with Crippen molar-refractivity contribution >= 4 is 15.9 Å². The molecular formula is C17H26BrNO2. The summed E-state index contributed by atoms with van der Waals surface area (Å²) in [6.07, 6.45) is 6.13. The summed E-state index contributed by atoms with van der Waals surface area (Å²) in [6.45, 7) is 4.24. The van der Waals surface area contributed by atoms with Gasteiger partial charge in [-0.25, -0.2) is 0 Å². The van der Waals surface area contributed by atoms with Crippen LogP contribution in [0.3, 0.4) is 0 Å². The van der Waals surface area contributed by atoms with Crippen LogP contribution in [-0.2, 0) is 0 Å². The first-order valence-electron chi connectivity index (χ1n) is 7.99. The Balaban J connectivity index is 1.76. The fraction of sp³-hybridized carbons (Fsp3) is 0.647. The van der Waals surface area contributed by atoms with Gasteiger partial charge in [-0.3, -0.25) is 4.90 Å². The van der Waals surface area contributed by atoms with Gasteiger partial charge in [0.1, 0.15) is 18.5 Å². The molecule has 0 bridgehead atoms. The quantitative estimate of drug-likeness (QED) is 0.806. The van der Waals surface area contributed by atoms with Gasteiger partial charge in [0.25, 0.3) is 0 Å². The average Bonchev–Trinajstić information content (AvgIpc) is 2.53. The predicted octanol–water partition coefficient (Wildman–Crippen LogP) is 3.84. The molecule has 1 N–H and O–H groups in total. The van der Waals surface area contributed by atoms with Crippen LogP contribution in [-0.4, -0.2) is 41.8 Å². The second-order valence-corrected chi connectivity index (χ2v) is 6.71. The molecule has 1 saturated carbocycles. The number of aliphatic hydroxyl groups is 1. The van der Waals surface area contributed by atoms with Crippen LogP contribution in [0.1, 0.15) is 39.0 Å². The summed E-state index contributed by atoms with van der Waals surface area (Å²) in [4.78, 5) is 2.41. The highest BCUT2D eigenvalue weighted by atomic mass is 79.9. The highest BCUT2D eigenvalue weighted by Gasteiger charge is 2.22. The number of nitrogens with zero attached hydrogens (tertiary/aromatic N) is 1. The number of benzene rings is 1. The first-order valence-corrected chi connectivity index (χ1v) is 8.79. The Morgan fingerprint density at radius 3 is 2.52 bits per heavy atom. The first kappa shape index (κ1) is 16.8. The second-order valence-electron chi connectivity index (χ2n) is 5.80. The smallest absolute Gasteiger partial charge is 0.119 e. The van der Waals surface area contributed by atoms with Crippen molar-refractivity contribution in [3.05, 3.63) is 28.7 Å². The van der Waals surface area contributed by atoms with Gasteiger partial charge in [-0.15, -0.1) is 0 Å². The van der Waals surface area contributed by atoms with Crippen LogP contribution in [0.2, 0.25) is 0 Å². The van der Waals surface area contributed by atoms with Crippen molar-refractivity contribution in [3.8, 4) is 5.75 Å². The maximum Gasteiger partial charge on any atom is 0.119 e. The summed E-state index contributed by atoms with van der Waals surface area (Å²) in [7, 11) is 0. The number of halogens is 1. The van der Waals surface area contributed by atoms with Crippen LogP contribution in [0.4, 0.5) is 0 Å². The SMILES string of the molecule is CCN(CC(O)COc1ccc(Br)cc1)C1CCCCC1. The van der Waals surface area contributed by atoms with Crippen molar-refractivity contribution in [2.24, 2.45) is 0 Å². The van der Waals surface area contributed by atoms with Gasteiger partial charge in [0.2, 0.25) is 0 Å². The summed E-state index contributed by atoms with van der Waals surface area (Å²) in [5.41, 5.74) is 0. The van der Waals surface area contributed by atoms with Gasteiger partial charge in [-0.05, 0) is 43.7 Å². The lowest BCUT2D eigenvalue weighted by Gasteiger charge is -2.34. The maximum absolute atomic E-state index is 10.2. The number of likely N-dealkylation sites (N-methyl/N-ethyl adjacent to an activating group) is 1. The summed E-state index contributed by atoms with van der Waals surface area (Å²) in [6, 6.07) is 8.36. The van der Waals surface area contributed by atoms with Gasteiger partial charge < -0.3 is 9.84 Å². The normalized spacial score (nSPS) is 17.9. The summed E-state index contributed by atoms with van der Waals surface area (Å²) in [5, 5.41) is 10.2. The monoisotopic (exact) mass is 355 g/mol. The van der Waals surface area contributed by atoms with E-state index in [0.29, 0.717) is 19.2 Å². The Labute approximate surface area is 136 Å². The molecule has 1 aliphatic carbocycles. The van der Waals surface area contributed by atoms with Crippen LogP contribution in [0.15, 0.2) is 28.7 Å². The Morgan fingerprint density at radius 1 is 1.24 bits per heavy atom. The molecule has 0 spiro atoms. The van der Waals surface area contributed by atoms with Crippen LogP contribution in [0, 0.1) is 0 Å². The molecular weight excluding hydrogens is 330 g/mol. The van der Waals surface area contributed by atoms with E-state index in [1.807, 2.05) is 24.3 Å². The zero-order valence-electron chi connectivity index (χ0n) is 12.8. The largest absolute Gasteiger partial charge is 0.491 e. The van der Waals surface area contributed by atoms with Gasteiger partial charge in [0, 0.05) is 17.1 Å². The topological polar surface area (TPSA) is 32.7 Å². The van der Waals surface area contributed by atoms with Crippen molar-refractivity contribution in [3.63, 3.8) is 0 Å². The molecule has 1 fully saturated rings. The van der Waals surface area contributed by atoms with E-state index in [4.69, 9.17) is 4.74 Å². The molecule has 1 aliphatic rings. The van der Waals surface area contributed by atoms with Crippen LogP contribution >= 0.6 is 15.9 Å². The van der Waals surface area contributed by atoms with Gasteiger partial charge >= 0.3 is 0 Å². The molecule has 0 heterocycles. The standard InChI is InChI=1S/C17H26BrNO2/c1-2-19(15-6-4-3-5-7-15)12-16(20)13-21-17-10-8-14(18)9-11-17/h8-11,15-16,20H,2-7,12-13H2,1H3. The lowest BCUT2D eigenvalue weighted by molar-refractivity contribution is 0.0463. The van der Waals surface area contributed by atoms with Crippen molar-refractivity contribution in [1.82, 2.24) is 4.90 Å². The molecule has 0 saturated heterocycles. The molecule has 0 amide bonds. The minimum atomic E-state index is -0.435. The Bertz CT molecular complexity index is 404. The maximum atomic E-state index is 10.2. The Kier molecular flexibility index (Phi) is 7.00. The van der Waals surface area contributed by atoms with E-state index in [1.54, 1.807) is 0 Å². The summed E-state index contributed by atoms with van der Waals surface area (Å²) < 4.78 is 6.69. The third-order valence-electron chi connectivity index (χ3n) is 4.20. The highest BCUT2D eigenvalue weighted by molar-refractivity contribution is 9.10. The van der Waals surface area contributed by atoms with E-state index >= 15 is 0 Å². The molecule has 1 unspecified atom stereocenters. The second kappa shape index (κ2) is 8.76. The fourth-order valence-corrected chi connectivity index (χ4v) is 3.29. The van der Waals surface area contributed by atoms with Crippen molar-refractivity contribution < 1.29 is 9.84 Å². The Morgan fingerprint density at radius 2 is 1.90 bits per heavy atom. The molecule has 0 aromatic heterocycles. The molecule has 0 aliphatic heterocycles. The molecule has 0 radical (unpaired) electrons. The van der Waals surface area contributed by atoms with Crippen LogP contribution in [0.25, 0.3) is 0 Å². The zero-order chi connectivity index (χ0) is 15.1. The number of hydrogen-bond acceptors (Lipinski definition) is 3. The zero-order valence-corrected chi connectivity index (χ0v) is 14.4. The number of aliphatic hydroxyl groups excluding tert-OH is 1. The lowest BCUT2D eigenvalue weighted by Crippen LogP contribution is -2.43. The summed E-state index contributed by atoms with van der Waals surface area (Å²) in [5.74, 6) is 0.804.